The minimum atomic E-state index is -1.66. The second-order valence-electron chi connectivity index (χ2n) is 4.64. The van der Waals surface area contributed by atoms with Crippen LogP contribution in [0.25, 0.3) is 0 Å². The predicted molar refractivity (Wildman–Crippen MR) is 75.0 cm³/mol. The largest absolute Gasteiger partial charge is 0.394 e. The number of aliphatic hydroxyl groups excluding tert-OH is 1. The van der Waals surface area contributed by atoms with Crippen LogP contribution in [0, 0.1) is 23.3 Å². The molecule has 2 rings (SSSR count). The maximum absolute atomic E-state index is 13.3. The van der Waals surface area contributed by atoms with E-state index in [1.54, 1.807) is 0 Å². The first-order valence-electron chi connectivity index (χ1n) is 6.34. The SMILES string of the molecule is O=C(NC(CO)c1cc(F)c(F)c(F)c1)c1ccc(Cl)c(F)c1. The second kappa shape index (κ2) is 6.97. The van der Waals surface area contributed by atoms with Crippen LogP contribution in [0.4, 0.5) is 17.6 Å². The maximum Gasteiger partial charge on any atom is 0.251 e. The fourth-order valence-corrected chi connectivity index (χ4v) is 2.01. The Morgan fingerprint density at radius 2 is 1.70 bits per heavy atom. The van der Waals surface area contributed by atoms with Crippen molar-refractivity contribution >= 4 is 17.5 Å². The van der Waals surface area contributed by atoms with Gasteiger partial charge in [0.05, 0.1) is 17.7 Å². The highest BCUT2D eigenvalue weighted by atomic mass is 35.5. The standard InChI is InChI=1S/C15H10ClF4NO2/c16-9-2-1-7(3-10(9)17)15(23)21-13(6-22)8-4-11(18)14(20)12(19)5-8/h1-5,13,22H,6H2,(H,21,23). The van der Waals surface area contributed by atoms with E-state index in [0.717, 1.165) is 12.1 Å². The monoisotopic (exact) mass is 347 g/mol. The summed E-state index contributed by atoms with van der Waals surface area (Å²) in [5, 5.41) is 11.4. The first kappa shape index (κ1) is 17.2. The lowest BCUT2D eigenvalue weighted by Crippen LogP contribution is -2.31. The molecule has 0 saturated heterocycles. The fraction of sp³-hybridized carbons (Fsp3) is 0.133. The van der Waals surface area contributed by atoms with E-state index in [2.05, 4.69) is 5.32 Å². The second-order valence-corrected chi connectivity index (χ2v) is 5.04. The summed E-state index contributed by atoms with van der Waals surface area (Å²) in [6, 6.07) is 3.38. The Morgan fingerprint density at radius 3 is 2.22 bits per heavy atom. The first-order valence-corrected chi connectivity index (χ1v) is 6.72. The Bertz CT molecular complexity index is 731. The van der Waals surface area contributed by atoms with E-state index in [0.29, 0.717) is 12.1 Å². The van der Waals surface area contributed by atoms with Crippen LogP contribution < -0.4 is 5.32 Å². The Labute approximate surface area is 133 Å². The van der Waals surface area contributed by atoms with E-state index in [-0.39, 0.29) is 16.1 Å². The van der Waals surface area contributed by atoms with Gasteiger partial charge in [-0.15, -0.1) is 0 Å². The van der Waals surface area contributed by atoms with Gasteiger partial charge in [0.15, 0.2) is 17.5 Å². The van der Waals surface area contributed by atoms with Crippen molar-refractivity contribution in [2.75, 3.05) is 6.61 Å². The van der Waals surface area contributed by atoms with Gasteiger partial charge in [-0.25, -0.2) is 17.6 Å². The van der Waals surface area contributed by atoms with Crippen molar-refractivity contribution in [3.63, 3.8) is 0 Å². The van der Waals surface area contributed by atoms with Crippen LogP contribution in [-0.4, -0.2) is 17.6 Å². The lowest BCUT2D eigenvalue weighted by molar-refractivity contribution is 0.0915. The van der Waals surface area contributed by atoms with Gasteiger partial charge in [-0.1, -0.05) is 11.6 Å². The Morgan fingerprint density at radius 1 is 1.09 bits per heavy atom. The summed E-state index contributed by atoms with van der Waals surface area (Å²) < 4.78 is 52.7. The van der Waals surface area contributed by atoms with E-state index in [1.807, 2.05) is 0 Å². The van der Waals surface area contributed by atoms with Crippen molar-refractivity contribution in [1.82, 2.24) is 5.32 Å². The number of amides is 1. The summed E-state index contributed by atoms with van der Waals surface area (Å²) in [5.74, 6) is -6.18. The lowest BCUT2D eigenvalue weighted by Gasteiger charge is -2.17. The van der Waals surface area contributed by atoms with Crippen LogP contribution in [0.2, 0.25) is 5.02 Å². The molecule has 0 aromatic heterocycles. The Hall–Kier alpha value is -2.12. The summed E-state index contributed by atoms with van der Waals surface area (Å²) in [5.41, 5.74) is -0.278. The van der Waals surface area contributed by atoms with Crippen molar-refractivity contribution in [3.8, 4) is 0 Å². The van der Waals surface area contributed by atoms with Crippen molar-refractivity contribution in [3.05, 3.63) is 69.8 Å². The van der Waals surface area contributed by atoms with Crippen LogP contribution in [0.15, 0.2) is 30.3 Å². The van der Waals surface area contributed by atoms with Crippen molar-refractivity contribution in [2.45, 2.75) is 6.04 Å². The third-order valence-corrected chi connectivity index (χ3v) is 3.38. The molecule has 0 aliphatic heterocycles. The third kappa shape index (κ3) is 3.80. The molecular weight excluding hydrogens is 338 g/mol. The van der Waals surface area contributed by atoms with Crippen LogP contribution in [0.5, 0.6) is 0 Å². The van der Waals surface area contributed by atoms with E-state index < -0.39 is 41.8 Å². The molecule has 8 heteroatoms. The maximum atomic E-state index is 13.3. The van der Waals surface area contributed by atoms with E-state index in [9.17, 15) is 27.5 Å². The Balaban J connectivity index is 2.25. The minimum absolute atomic E-state index is 0.103. The van der Waals surface area contributed by atoms with Crippen molar-refractivity contribution in [2.24, 2.45) is 0 Å². The molecule has 1 atom stereocenters. The highest BCUT2D eigenvalue weighted by Gasteiger charge is 2.20. The molecule has 0 fully saturated rings. The molecule has 0 aliphatic carbocycles. The third-order valence-electron chi connectivity index (χ3n) is 3.08. The molecule has 122 valence electrons. The van der Waals surface area contributed by atoms with Gasteiger partial charge in [0.1, 0.15) is 5.82 Å². The summed E-state index contributed by atoms with van der Waals surface area (Å²) in [6.45, 7) is -0.702. The first-order chi connectivity index (χ1) is 10.8. The Kier molecular flexibility index (Phi) is 5.23. The molecule has 0 saturated carbocycles. The molecule has 3 nitrogen and oxygen atoms in total. The van der Waals surface area contributed by atoms with Gasteiger partial charge in [0.2, 0.25) is 0 Å². The molecule has 2 N–H and O–H groups in total. The lowest BCUT2D eigenvalue weighted by atomic mass is 10.1. The van der Waals surface area contributed by atoms with Gasteiger partial charge in [0, 0.05) is 5.56 Å². The van der Waals surface area contributed by atoms with Gasteiger partial charge < -0.3 is 10.4 Å². The van der Waals surface area contributed by atoms with Gasteiger partial charge in [0.25, 0.3) is 5.91 Å². The molecule has 23 heavy (non-hydrogen) atoms. The highest BCUT2D eigenvalue weighted by molar-refractivity contribution is 6.30. The number of aliphatic hydroxyl groups is 1. The molecule has 0 heterocycles. The highest BCUT2D eigenvalue weighted by Crippen LogP contribution is 2.20. The molecular formula is C15H10ClF4NO2. The zero-order valence-electron chi connectivity index (χ0n) is 11.4. The summed E-state index contributed by atoms with van der Waals surface area (Å²) in [4.78, 5) is 12.0. The number of nitrogens with one attached hydrogen (secondary N) is 1. The number of hydrogen-bond donors (Lipinski definition) is 2. The number of benzene rings is 2. The molecule has 0 spiro atoms. The molecule has 0 radical (unpaired) electrons. The average molecular weight is 348 g/mol. The number of carbonyl (C=O) groups excluding carboxylic acids is 1. The number of hydrogen-bond acceptors (Lipinski definition) is 2. The van der Waals surface area contributed by atoms with Crippen LogP contribution in [0.1, 0.15) is 22.0 Å². The molecule has 2 aromatic carbocycles. The molecule has 1 amide bonds. The van der Waals surface area contributed by atoms with Gasteiger partial charge in [-0.3, -0.25) is 4.79 Å². The topological polar surface area (TPSA) is 49.3 Å². The number of carbonyl (C=O) groups is 1. The molecule has 0 aliphatic rings. The van der Waals surface area contributed by atoms with Gasteiger partial charge in [-0.2, -0.15) is 0 Å². The van der Waals surface area contributed by atoms with Gasteiger partial charge in [-0.05, 0) is 35.9 Å². The van der Waals surface area contributed by atoms with Crippen LogP contribution in [0.3, 0.4) is 0 Å². The van der Waals surface area contributed by atoms with Crippen LogP contribution >= 0.6 is 11.6 Å². The van der Waals surface area contributed by atoms with Crippen LogP contribution in [-0.2, 0) is 0 Å². The van der Waals surface area contributed by atoms with E-state index >= 15 is 0 Å². The molecule has 2 aromatic rings. The number of rotatable bonds is 4. The van der Waals surface area contributed by atoms with E-state index in [4.69, 9.17) is 11.6 Å². The van der Waals surface area contributed by atoms with Crippen molar-refractivity contribution < 1.29 is 27.5 Å². The fourth-order valence-electron chi connectivity index (χ4n) is 1.89. The molecule has 1 unspecified atom stereocenters. The smallest absolute Gasteiger partial charge is 0.251 e. The normalized spacial score (nSPS) is 12.1. The average Bonchev–Trinajstić information content (AvgIpc) is 2.52. The quantitative estimate of drug-likeness (QED) is 0.658. The minimum Gasteiger partial charge on any atom is -0.394 e. The summed E-state index contributed by atoms with van der Waals surface area (Å²) >= 11 is 5.50. The zero-order chi connectivity index (χ0) is 17.1. The van der Waals surface area contributed by atoms with Crippen molar-refractivity contribution in [1.29, 1.82) is 0 Å². The molecule has 0 bridgehead atoms. The zero-order valence-corrected chi connectivity index (χ0v) is 12.2. The summed E-state index contributed by atoms with van der Waals surface area (Å²) in [6.07, 6.45) is 0. The van der Waals surface area contributed by atoms with Gasteiger partial charge >= 0.3 is 0 Å². The summed E-state index contributed by atoms with van der Waals surface area (Å²) in [7, 11) is 0. The number of halogens is 5. The predicted octanol–water partition coefficient (Wildman–Crippen LogP) is 3.36. The van der Waals surface area contributed by atoms with E-state index in [1.165, 1.54) is 6.07 Å².